The Bertz CT molecular complexity index is 1060. The van der Waals surface area contributed by atoms with Crippen LogP contribution in [0.4, 0.5) is 0 Å². The molecule has 0 fully saturated rings. The first-order valence-corrected chi connectivity index (χ1v) is 11.3. The van der Waals surface area contributed by atoms with Gasteiger partial charge in [-0.05, 0) is 35.9 Å². The van der Waals surface area contributed by atoms with Crippen LogP contribution in [-0.4, -0.2) is 25.9 Å². The molecule has 2 aromatic carbocycles. The summed E-state index contributed by atoms with van der Waals surface area (Å²) < 4.78 is 32.3. The third kappa shape index (κ3) is 6.53. The van der Waals surface area contributed by atoms with Gasteiger partial charge < -0.3 is 10.1 Å². The SMILES string of the molecule is O=C(CCNS(=O)(=O)c1cccc(Cl)c1)NCc1ccc(Oc2nccs2)cc1. The van der Waals surface area contributed by atoms with Crippen LogP contribution in [0.15, 0.2) is 65.0 Å². The van der Waals surface area contributed by atoms with Crippen LogP contribution in [0.2, 0.25) is 5.02 Å². The van der Waals surface area contributed by atoms with E-state index in [1.54, 1.807) is 30.5 Å². The van der Waals surface area contributed by atoms with Crippen LogP contribution in [0.3, 0.4) is 0 Å². The van der Waals surface area contributed by atoms with Crippen molar-refractivity contribution in [1.29, 1.82) is 0 Å². The molecule has 0 unspecified atom stereocenters. The fourth-order valence-corrected chi connectivity index (χ4v) is 4.18. The van der Waals surface area contributed by atoms with E-state index in [-0.39, 0.29) is 23.8 Å². The maximum atomic E-state index is 12.2. The largest absolute Gasteiger partial charge is 0.431 e. The Hall–Kier alpha value is -2.46. The molecule has 0 bridgehead atoms. The van der Waals surface area contributed by atoms with E-state index in [2.05, 4.69) is 15.0 Å². The molecule has 0 saturated heterocycles. The average Bonchev–Trinajstić information content (AvgIpc) is 3.20. The molecule has 0 atom stereocenters. The predicted octanol–water partition coefficient (Wildman–Crippen LogP) is 3.57. The van der Waals surface area contributed by atoms with Gasteiger partial charge in [-0.2, -0.15) is 0 Å². The van der Waals surface area contributed by atoms with Crippen molar-refractivity contribution >= 4 is 38.9 Å². The van der Waals surface area contributed by atoms with Gasteiger partial charge in [-0.3, -0.25) is 4.79 Å². The third-order valence-corrected chi connectivity index (χ3v) is 6.12. The number of nitrogens with zero attached hydrogens (tertiary/aromatic N) is 1. The lowest BCUT2D eigenvalue weighted by Crippen LogP contribution is -2.30. The lowest BCUT2D eigenvalue weighted by atomic mass is 10.2. The van der Waals surface area contributed by atoms with E-state index in [4.69, 9.17) is 16.3 Å². The van der Waals surface area contributed by atoms with Crippen LogP contribution in [0, 0.1) is 0 Å². The second-order valence-electron chi connectivity index (χ2n) is 5.93. The van der Waals surface area contributed by atoms with E-state index in [1.807, 2.05) is 17.5 Å². The van der Waals surface area contributed by atoms with Crippen molar-refractivity contribution in [3.8, 4) is 10.9 Å². The minimum absolute atomic E-state index is 0.0126. The molecule has 1 aromatic heterocycles. The molecule has 152 valence electrons. The number of amides is 1. The predicted molar refractivity (Wildman–Crippen MR) is 112 cm³/mol. The Kier molecular flexibility index (Phi) is 7.21. The quantitative estimate of drug-likeness (QED) is 0.518. The van der Waals surface area contributed by atoms with E-state index in [0.717, 1.165) is 5.56 Å². The number of nitrogens with one attached hydrogen (secondary N) is 2. The molecule has 3 aromatic rings. The normalized spacial score (nSPS) is 11.2. The summed E-state index contributed by atoms with van der Waals surface area (Å²) in [4.78, 5) is 16.1. The highest BCUT2D eigenvalue weighted by molar-refractivity contribution is 7.89. The highest BCUT2D eigenvalue weighted by Crippen LogP contribution is 2.23. The molecule has 0 spiro atoms. The van der Waals surface area contributed by atoms with Gasteiger partial charge in [0, 0.05) is 36.1 Å². The number of carbonyl (C=O) groups excluding carboxylic acids is 1. The highest BCUT2D eigenvalue weighted by atomic mass is 35.5. The molecule has 0 aliphatic heterocycles. The molecule has 2 N–H and O–H groups in total. The molecule has 3 rings (SSSR count). The first-order chi connectivity index (χ1) is 13.9. The van der Waals surface area contributed by atoms with Crippen LogP contribution >= 0.6 is 22.9 Å². The number of rotatable bonds is 9. The second-order valence-corrected chi connectivity index (χ2v) is 8.99. The Morgan fingerprint density at radius 2 is 1.97 bits per heavy atom. The lowest BCUT2D eigenvalue weighted by molar-refractivity contribution is -0.121. The fourth-order valence-electron chi connectivity index (χ4n) is 2.34. The number of ether oxygens (including phenoxy) is 1. The smallest absolute Gasteiger partial charge is 0.278 e. The number of sulfonamides is 1. The van der Waals surface area contributed by atoms with E-state index >= 15 is 0 Å². The van der Waals surface area contributed by atoms with Crippen LogP contribution in [0.1, 0.15) is 12.0 Å². The fraction of sp³-hybridized carbons (Fsp3) is 0.158. The maximum absolute atomic E-state index is 12.2. The van der Waals surface area contributed by atoms with Gasteiger partial charge in [-0.25, -0.2) is 18.1 Å². The van der Waals surface area contributed by atoms with Crippen LogP contribution < -0.4 is 14.8 Å². The first-order valence-electron chi connectivity index (χ1n) is 8.60. The minimum Gasteiger partial charge on any atom is -0.431 e. The third-order valence-electron chi connectivity index (χ3n) is 3.78. The molecule has 0 saturated carbocycles. The molecule has 0 radical (unpaired) electrons. The van der Waals surface area contributed by atoms with Gasteiger partial charge in [0.2, 0.25) is 15.9 Å². The molecule has 7 nitrogen and oxygen atoms in total. The number of aromatic nitrogens is 1. The first kappa shape index (κ1) is 21.3. The Balaban J connectivity index is 1.42. The van der Waals surface area contributed by atoms with Crippen molar-refractivity contribution in [2.45, 2.75) is 17.9 Å². The molecule has 0 aliphatic carbocycles. The van der Waals surface area contributed by atoms with E-state index in [0.29, 0.717) is 22.5 Å². The topological polar surface area (TPSA) is 97.4 Å². The van der Waals surface area contributed by atoms with Gasteiger partial charge in [0.15, 0.2) is 0 Å². The van der Waals surface area contributed by atoms with Crippen molar-refractivity contribution in [2.24, 2.45) is 0 Å². The molecular weight excluding hydrogens is 434 g/mol. The molecule has 1 amide bonds. The zero-order valence-corrected chi connectivity index (χ0v) is 17.6. The summed E-state index contributed by atoms with van der Waals surface area (Å²) in [5.41, 5.74) is 0.893. The Labute approximate surface area is 177 Å². The summed E-state index contributed by atoms with van der Waals surface area (Å²) in [6.07, 6.45) is 1.68. The summed E-state index contributed by atoms with van der Waals surface area (Å²) in [5.74, 6) is 0.396. The van der Waals surface area contributed by atoms with Gasteiger partial charge in [0.1, 0.15) is 5.75 Å². The molecule has 0 aliphatic rings. The van der Waals surface area contributed by atoms with Crippen LogP contribution in [-0.2, 0) is 21.4 Å². The molecule has 29 heavy (non-hydrogen) atoms. The van der Waals surface area contributed by atoms with E-state index in [9.17, 15) is 13.2 Å². The minimum atomic E-state index is -3.70. The Morgan fingerprint density at radius 3 is 2.66 bits per heavy atom. The van der Waals surface area contributed by atoms with Crippen molar-refractivity contribution in [3.63, 3.8) is 0 Å². The molecule has 1 heterocycles. The van der Waals surface area contributed by atoms with Gasteiger partial charge in [-0.15, -0.1) is 0 Å². The average molecular weight is 452 g/mol. The molecular formula is C19H18ClN3O4S2. The van der Waals surface area contributed by atoms with Crippen molar-refractivity contribution in [2.75, 3.05) is 6.54 Å². The lowest BCUT2D eigenvalue weighted by Gasteiger charge is -2.08. The van der Waals surface area contributed by atoms with Gasteiger partial charge in [0.25, 0.3) is 5.19 Å². The maximum Gasteiger partial charge on any atom is 0.278 e. The van der Waals surface area contributed by atoms with E-state index in [1.165, 1.54) is 23.5 Å². The number of halogens is 1. The van der Waals surface area contributed by atoms with Crippen molar-refractivity contribution < 1.29 is 17.9 Å². The zero-order valence-electron chi connectivity index (χ0n) is 15.2. The number of hydrogen-bond donors (Lipinski definition) is 2. The number of carbonyl (C=O) groups is 1. The van der Waals surface area contributed by atoms with Gasteiger partial charge in [0.05, 0.1) is 4.90 Å². The Morgan fingerprint density at radius 1 is 1.17 bits per heavy atom. The summed E-state index contributed by atoms with van der Waals surface area (Å²) >= 11 is 7.21. The van der Waals surface area contributed by atoms with Crippen molar-refractivity contribution in [3.05, 3.63) is 70.7 Å². The van der Waals surface area contributed by atoms with Gasteiger partial charge in [-0.1, -0.05) is 41.1 Å². The van der Waals surface area contributed by atoms with Crippen molar-refractivity contribution in [1.82, 2.24) is 15.0 Å². The van der Waals surface area contributed by atoms with Gasteiger partial charge >= 0.3 is 0 Å². The number of thiazole rings is 1. The molecule has 10 heteroatoms. The zero-order chi connectivity index (χ0) is 20.7. The summed E-state index contributed by atoms with van der Waals surface area (Å²) in [6, 6.07) is 13.2. The monoisotopic (exact) mass is 451 g/mol. The highest BCUT2D eigenvalue weighted by Gasteiger charge is 2.14. The van der Waals surface area contributed by atoms with Crippen LogP contribution in [0.5, 0.6) is 10.9 Å². The number of hydrogen-bond acceptors (Lipinski definition) is 6. The number of benzene rings is 2. The van der Waals surface area contributed by atoms with E-state index < -0.39 is 10.0 Å². The summed E-state index contributed by atoms with van der Waals surface area (Å²) in [7, 11) is -3.70. The van der Waals surface area contributed by atoms with Crippen LogP contribution in [0.25, 0.3) is 0 Å². The summed E-state index contributed by atoms with van der Waals surface area (Å²) in [5, 5.41) is 5.47. The summed E-state index contributed by atoms with van der Waals surface area (Å²) in [6.45, 7) is 0.318. The standard InChI is InChI=1S/C19H18ClN3O4S2/c20-15-2-1-3-17(12-15)29(25,26)23-9-8-18(24)22-13-14-4-6-16(7-5-14)27-19-21-10-11-28-19/h1-7,10-12,23H,8-9,13H2,(H,22,24). The second kappa shape index (κ2) is 9.84.